The molecule has 0 radical (unpaired) electrons. The second-order valence-electron chi connectivity index (χ2n) is 7.96. The van der Waals surface area contributed by atoms with Gasteiger partial charge in [-0.15, -0.1) is 0 Å². The van der Waals surface area contributed by atoms with Crippen LogP contribution in [-0.2, 0) is 30.4 Å². The third-order valence-corrected chi connectivity index (χ3v) is 5.04. The Kier molecular flexibility index (Phi) is 12.4. The molecule has 1 unspecified atom stereocenters. The lowest BCUT2D eigenvalue weighted by molar-refractivity contribution is -0.144. The van der Waals surface area contributed by atoms with Gasteiger partial charge in [-0.2, -0.15) is 0 Å². The average molecular weight is 482 g/mol. The highest BCUT2D eigenvalue weighted by molar-refractivity contribution is 5.73. The Bertz CT molecular complexity index is 813. The third-order valence-electron chi connectivity index (χ3n) is 5.04. The zero-order chi connectivity index (χ0) is 25.7. The fraction of sp³-hybridized carbons (Fsp3) is 0.500. The normalized spacial score (nSPS) is 12.1. The first kappa shape index (κ1) is 28.7. The van der Waals surface area contributed by atoms with Gasteiger partial charge in [0.15, 0.2) is 0 Å². The van der Waals surface area contributed by atoms with Gasteiger partial charge in [0.05, 0.1) is 32.7 Å². The van der Waals surface area contributed by atoms with Crippen LogP contribution in [0.5, 0.6) is 0 Å². The molecule has 1 aromatic carbocycles. The third kappa shape index (κ3) is 12.0. The minimum absolute atomic E-state index is 0.0293. The summed E-state index contributed by atoms with van der Waals surface area (Å²) in [6.45, 7) is 0.0428. The number of carboxylic acids is 4. The van der Waals surface area contributed by atoms with Crippen molar-refractivity contribution in [1.82, 2.24) is 14.7 Å². The number of aldehydes is 1. The van der Waals surface area contributed by atoms with E-state index in [2.05, 4.69) is 0 Å². The molecule has 1 aromatic rings. The van der Waals surface area contributed by atoms with Crippen LogP contribution < -0.4 is 0 Å². The molecule has 34 heavy (non-hydrogen) atoms. The van der Waals surface area contributed by atoms with Crippen LogP contribution in [0.4, 0.5) is 0 Å². The van der Waals surface area contributed by atoms with Gasteiger partial charge in [-0.3, -0.25) is 33.9 Å². The number of hydrogen-bond donors (Lipinski definition) is 4. The molecule has 0 bridgehead atoms. The predicted molar refractivity (Wildman–Crippen MR) is 120 cm³/mol. The van der Waals surface area contributed by atoms with E-state index in [1.54, 1.807) is 4.90 Å². The summed E-state index contributed by atoms with van der Waals surface area (Å²) in [4.78, 5) is 60.3. The first-order chi connectivity index (χ1) is 16.0. The maximum absolute atomic E-state index is 11.4. The molecule has 1 rings (SSSR count). The van der Waals surface area contributed by atoms with Crippen molar-refractivity contribution in [1.29, 1.82) is 0 Å². The first-order valence-corrected chi connectivity index (χ1v) is 10.5. The van der Waals surface area contributed by atoms with Gasteiger partial charge in [-0.1, -0.05) is 29.8 Å². The molecule has 0 aliphatic rings. The van der Waals surface area contributed by atoms with Crippen molar-refractivity contribution < 1.29 is 44.4 Å². The minimum Gasteiger partial charge on any atom is -0.480 e. The number of nitrogens with zero attached hydrogens (tertiary/aromatic N) is 3. The Morgan fingerprint density at radius 3 is 1.71 bits per heavy atom. The highest BCUT2D eigenvalue weighted by atomic mass is 16.4. The van der Waals surface area contributed by atoms with Gasteiger partial charge in [-0.05, 0) is 18.9 Å². The maximum atomic E-state index is 11.4. The van der Waals surface area contributed by atoms with Gasteiger partial charge in [0.2, 0.25) is 0 Å². The van der Waals surface area contributed by atoms with Gasteiger partial charge in [0.1, 0.15) is 6.29 Å². The summed E-state index contributed by atoms with van der Waals surface area (Å²) < 4.78 is 0. The summed E-state index contributed by atoms with van der Waals surface area (Å²) in [7, 11) is 0. The van der Waals surface area contributed by atoms with Gasteiger partial charge in [0, 0.05) is 25.7 Å². The Hall–Kier alpha value is -3.35. The Morgan fingerprint density at radius 2 is 1.26 bits per heavy atom. The highest BCUT2D eigenvalue weighted by Crippen LogP contribution is 2.13. The number of carbonyl (C=O) groups is 5. The van der Waals surface area contributed by atoms with E-state index in [-0.39, 0.29) is 26.2 Å². The largest absolute Gasteiger partial charge is 0.480 e. The molecule has 188 valence electrons. The number of carboxylic acid groups (broad SMARTS) is 4. The summed E-state index contributed by atoms with van der Waals surface area (Å²) >= 11 is 0. The molecular weight excluding hydrogens is 450 g/mol. The molecule has 0 amide bonds. The number of carbonyl (C=O) groups excluding carboxylic acids is 1. The minimum atomic E-state index is -1.20. The monoisotopic (exact) mass is 481 g/mol. The van der Waals surface area contributed by atoms with Crippen LogP contribution in [0.1, 0.15) is 11.1 Å². The number of aliphatic carboxylic acids is 4. The number of rotatable bonds is 18. The molecule has 12 heteroatoms. The predicted octanol–water partition coefficient (Wildman–Crippen LogP) is -0.651. The van der Waals surface area contributed by atoms with E-state index in [0.29, 0.717) is 12.7 Å². The molecule has 0 spiro atoms. The van der Waals surface area contributed by atoms with Crippen LogP contribution in [0.2, 0.25) is 0 Å². The van der Waals surface area contributed by atoms with E-state index in [0.717, 1.165) is 11.1 Å². The van der Waals surface area contributed by atoms with Crippen molar-refractivity contribution in [2.75, 3.05) is 52.4 Å². The molecule has 12 nitrogen and oxygen atoms in total. The van der Waals surface area contributed by atoms with Gasteiger partial charge < -0.3 is 25.2 Å². The van der Waals surface area contributed by atoms with Gasteiger partial charge >= 0.3 is 23.9 Å². The van der Waals surface area contributed by atoms with E-state index in [1.165, 1.54) is 9.80 Å². The topological polar surface area (TPSA) is 176 Å². The van der Waals surface area contributed by atoms with E-state index in [4.69, 9.17) is 10.2 Å². The SMILES string of the molecule is Cc1ccc(CC(CN(CC=O)CCN(CC(=O)O)CC(=O)O)N(CC(=O)O)CC(=O)O)cc1. The van der Waals surface area contributed by atoms with Gasteiger partial charge in [0.25, 0.3) is 0 Å². The lowest BCUT2D eigenvalue weighted by Gasteiger charge is -2.34. The standard InChI is InChI=1S/C22H31N3O9/c1-16-2-4-17(5-3-16)10-18(25(14-21(31)32)15-22(33)34)11-23(8-9-26)6-7-24(12-19(27)28)13-20(29)30/h2-5,9,18H,6-8,10-15H2,1H3,(H,27,28)(H,29,30)(H,31,32)(H,33,34). The van der Waals surface area contributed by atoms with Crippen molar-refractivity contribution in [3.63, 3.8) is 0 Å². The average Bonchev–Trinajstić information content (AvgIpc) is 2.71. The molecule has 0 aliphatic carbocycles. The van der Waals surface area contributed by atoms with Crippen LogP contribution in [-0.4, -0.2) is 124 Å². The fourth-order valence-corrected chi connectivity index (χ4v) is 3.51. The Morgan fingerprint density at radius 1 is 0.794 bits per heavy atom. The molecule has 4 N–H and O–H groups in total. The van der Waals surface area contributed by atoms with E-state index >= 15 is 0 Å². The summed E-state index contributed by atoms with van der Waals surface area (Å²) in [5.41, 5.74) is 1.87. The quantitative estimate of drug-likeness (QED) is 0.195. The van der Waals surface area contributed by atoms with Crippen molar-refractivity contribution in [2.45, 2.75) is 19.4 Å². The lowest BCUT2D eigenvalue weighted by Crippen LogP contribution is -2.51. The molecule has 0 aliphatic heterocycles. The smallest absolute Gasteiger partial charge is 0.317 e. The maximum Gasteiger partial charge on any atom is 0.317 e. The van der Waals surface area contributed by atoms with Crippen molar-refractivity contribution in [3.05, 3.63) is 35.4 Å². The molecular formula is C22H31N3O9. The molecule has 0 aromatic heterocycles. The fourth-order valence-electron chi connectivity index (χ4n) is 3.51. The van der Waals surface area contributed by atoms with Crippen molar-refractivity contribution in [3.8, 4) is 0 Å². The second-order valence-corrected chi connectivity index (χ2v) is 7.96. The van der Waals surface area contributed by atoms with Crippen LogP contribution >= 0.6 is 0 Å². The summed E-state index contributed by atoms with van der Waals surface area (Å²) in [6, 6.07) is 6.87. The first-order valence-electron chi connectivity index (χ1n) is 10.5. The number of aryl methyl sites for hydroxylation is 1. The van der Waals surface area contributed by atoms with Crippen LogP contribution in [0.3, 0.4) is 0 Å². The van der Waals surface area contributed by atoms with Crippen molar-refractivity contribution >= 4 is 30.2 Å². The molecule has 0 fully saturated rings. The number of hydrogen-bond acceptors (Lipinski definition) is 8. The molecule has 0 saturated heterocycles. The number of benzene rings is 1. The van der Waals surface area contributed by atoms with Crippen molar-refractivity contribution in [2.24, 2.45) is 0 Å². The second kappa shape index (κ2) is 14.7. The van der Waals surface area contributed by atoms with E-state index in [9.17, 15) is 34.2 Å². The van der Waals surface area contributed by atoms with E-state index < -0.39 is 56.1 Å². The lowest BCUT2D eigenvalue weighted by atomic mass is 10.0. The van der Waals surface area contributed by atoms with Crippen LogP contribution in [0, 0.1) is 6.92 Å². The summed E-state index contributed by atoms with van der Waals surface area (Å²) in [5.74, 6) is -4.80. The Balaban J connectivity index is 3.11. The zero-order valence-electron chi connectivity index (χ0n) is 19.0. The van der Waals surface area contributed by atoms with Crippen LogP contribution in [0.15, 0.2) is 24.3 Å². The summed E-state index contributed by atoms with van der Waals surface area (Å²) in [6.07, 6.45) is 0.935. The van der Waals surface area contributed by atoms with Gasteiger partial charge in [-0.25, -0.2) is 0 Å². The zero-order valence-corrected chi connectivity index (χ0v) is 19.0. The summed E-state index contributed by atoms with van der Waals surface area (Å²) in [5, 5.41) is 36.6. The molecule has 0 heterocycles. The highest BCUT2D eigenvalue weighted by Gasteiger charge is 2.26. The van der Waals surface area contributed by atoms with Crippen LogP contribution in [0.25, 0.3) is 0 Å². The van der Waals surface area contributed by atoms with E-state index in [1.807, 2.05) is 31.2 Å². The molecule has 1 atom stereocenters. The molecule has 0 saturated carbocycles. The Labute approximate surface area is 197 Å².